The number of nitrogens with one attached hydrogen (secondary N) is 1. The van der Waals surface area contributed by atoms with Gasteiger partial charge < -0.3 is 10.1 Å². The molecule has 3 aromatic carbocycles. The predicted octanol–water partition coefficient (Wildman–Crippen LogP) is 5.41. The van der Waals surface area contributed by atoms with Gasteiger partial charge in [0.2, 0.25) is 10.0 Å². The van der Waals surface area contributed by atoms with Gasteiger partial charge >= 0.3 is 0 Å². The second-order valence-electron chi connectivity index (χ2n) is 9.97. The van der Waals surface area contributed by atoms with Crippen molar-refractivity contribution in [2.45, 2.75) is 45.6 Å². The smallest absolute Gasteiger partial charge is 0.265 e. The van der Waals surface area contributed by atoms with E-state index in [-0.39, 0.29) is 17.1 Å². The van der Waals surface area contributed by atoms with E-state index in [0.717, 1.165) is 16.1 Å². The zero-order valence-electron chi connectivity index (χ0n) is 22.1. The van der Waals surface area contributed by atoms with Crippen LogP contribution in [0.3, 0.4) is 0 Å². The van der Waals surface area contributed by atoms with Crippen molar-refractivity contribution in [1.29, 1.82) is 0 Å². The van der Waals surface area contributed by atoms with Crippen LogP contribution in [-0.4, -0.2) is 39.5 Å². The molecule has 0 aliphatic rings. The van der Waals surface area contributed by atoms with Crippen LogP contribution in [0.1, 0.15) is 55.6 Å². The summed E-state index contributed by atoms with van der Waals surface area (Å²) in [7, 11) is -1.91. The minimum absolute atomic E-state index is 0.00178. The highest BCUT2D eigenvalue weighted by Gasteiger charge is 2.20. The van der Waals surface area contributed by atoms with E-state index in [9.17, 15) is 18.0 Å². The normalized spacial score (nSPS) is 12.5. The lowest BCUT2D eigenvalue weighted by Gasteiger charge is -2.20. The summed E-state index contributed by atoms with van der Waals surface area (Å²) in [6.45, 7) is 8.19. The fraction of sp³-hybridized carbons (Fsp3) is 0.310. The van der Waals surface area contributed by atoms with Crippen molar-refractivity contribution in [3.63, 3.8) is 0 Å². The van der Waals surface area contributed by atoms with Crippen LogP contribution in [0.4, 0.5) is 11.4 Å². The molecule has 0 radical (unpaired) electrons. The maximum atomic E-state index is 13.0. The van der Waals surface area contributed by atoms with Gasteiger partial charge in [-0.05, 0) is 53.8 Å². The quantitative estimate of drug-likeness (QED) is 0.380. The molecule has 1 N–H and O–H groups in total. The fourth-order valence-corrected chi connectivity index (χ4v) is 4.17. The third-order valence-electron chi connectivity index (χ3n) is 6.04. The first-order valence-corrected chi connectivity index (χ1v) is 13.9. The van der Waals surface area contributed by atoms with E-state index < -0.39 is 16.1 Å². The monoisotopic (exact) mass is 522 g/mol. The number of carbonyl (C=O) groups excluding carboxylic acids is 2. The number of nitrogens with zero attached hydrogens (tertiary/aromatic N) is 1. The van der Waals surface area contributed by atoms with E-state index >= 15 is 0 Å². The molecule has 8 heteroatoms. The lowest BCUT2D eigenvalue weighted by Crippen LogP contribution is -2.32. The molecule has 0 aromatic heterocycles. The van der Waals surface area contributed by atoms with Crippen LogP contribution in [0, 0.1) is 0 Å². The van der Waals surface area contributed by atoms with Crippen LogP contribution in [0.2, 0.25) is 0 Å². The molecular formula is C29H34N2O5S. The van der Waals surface area contributed by atoms with Crippen molar-refractivity contribution < 1.29 is 22.7 Å². The largest absolute Gasteiger partial charge is 0.481 e. The van der Waals surface area contributed by atoms with Crippen LogP contribution in [0.5, 0.6) is 5.75 Å². The number of sulfonamides is 1. The number of anilines is 2. The molecule has 0 saturated carbocycles. The molecule has 1 amide bonds. The third-order valence-corrected chi connectivity index (χ3v) is 7.25. The number of amides is 1. The van der Waals surface area contributed by atoms with Gasteiger partial charge in [0, 0.05) is 23.9 Å². The number of rotatable bonds is 9. The first-order valence-electron chi connectivity index (χ1n) is 12.1. The van der Waals surface area contributed by atoms with Gasteiger partial charge in [0.25, 0.3) is 5.91 Å². The van der Waals surface area contributed by atoms with Crippen LogP contribution >= 0.6 is 0 Å². The summed E-state index contributed by atoms with van der Waals surface area (Å²) in [4.78, 5) is 26.0. The number of ketones is 1. The highest BCUT2D eigenvalue weighted by atomic mass is 32.2. The van der Waals surface area contributed by atoms with Crippen LogP contribution in [0.15, 0.2) is 72.8 Å². The van der Waals surface area contributed by atoms with Crippen LogP contribution in [-0.2, 0) is 20.2 Å². The van der Waals surface area contributed by atoms with Gasteiger partial charge in [-0.2, -0.15) is 0 Å². The Hall–Kier alpha value is -3.65. The Bertz CT molecular complexity index is 1360. The Balaban J connectivity index is 1.69. The van der Waals surface area contributed by atoms with Crippen molar-refractivity contribution in [2.24, 2.45) is 0 Å². The summed E-state index contributed by atoms with van der Waals surface area (Å²) in [5.74, 6) is -0.0340. The molecule has 37 heavy (non-hydrogen) atoms. The molecule has 0 aliphatic carbocycles. The second-order valence-corrected chi connectivity index (χ2v) is 12.0. The first kappa shape index (κ1) is 27.9. The Labute approximate surface area is 219 Å². The minimum atomic E-state index is -3.38. The minimum Gasteiger partial charge on any atom is -0.481 e. The predicted molar refractivity (Wildman–Crippen MR) is 148 cm³/mol. The first-order chi connectivity index (χ1) is 17.3. The second kappa shape index (κ2) is 11.2. The standard InChI is InChI=1S/C29H34N2O5S/c1-7-26(36-25-17-15-24(16-18-25)31(5)37(6,34)35)28(33)30-23-10-8-9-21(19-23)27(32)20-11-13-22(14-12-20)29(2,3)4/h8-19,26H,7H2,1-6H3,(H,30,33)/t26-/m1/s1. The lowest BCUT2D eigenvalue weighted by atomic mass is 9.86. The van der Waals surface area contributed by atoms with E-state index in [1.165, 1.54) is 7.05 Å². The fourth-order valence-electron chi connectivity index (χ4n) is 3.66. The number of benzene rings is 3. The molecule has 0 saturated heterocycles. The van der Waals surface area contributed by atoms with Gasteiger partial charge in [-0.15, -0.1) is 0 Å². The summed E-state index contributed by atoms with van der Waals surface area (Å²) in [6.07, 6.45) is 0.762. The van der Waals surface area contributed by atoms with Crippen LogP contribution in [0.25, 0.3) is 0 Å². The van der Waals surface area contributed by atoms with Gasteiger partial charge in [-0.1, -0.05) is 64.1 Å². The lowest BCUT2D eigenvalue weighted by molar-refractivity contribution is -0.122. The van der Waals surface area contributed by atoms with Crippen molar-refractivity contribution in [3.8, 4) is 5.75 Å². The summed E-state index contributed by atoms with van der Waals surface area (Å²) >= 11 is 0. The molecular weight excluding hydrogens is 488 g/mol. The molecule has 0 spiro atoms. The molecule has 0 aliphatic heterocycles. The van der Waals surface area contributed by atoms with Gasteiger partial charge in [0.05, 0.1) is 11.9 Å². The van der Waals surface area contributed by atoms with Gasteiger partial charge in [-0.3, -0.25) is 13.9 Å². The van der Waals surface area contributed by atoms with E-state index in [1.807, 2.05) is 31.2 Å². The Morgan fingerprint density at radius 1 is 0.946 bits per heavy atom. The van der Waals surface area contributed by atoms with Gasteiger partial charge in [0.1, 0.15) is 5.75 Å². The SMILES string of the molecule is CC[C@@H](Oc1ccc(N(C)S(C)(=O)=O)cc1)C(=O)Nc1cccc(C(=O)c2ccc(C(C)(C)C)cc2)c1. The Morgan fingerprint density at radius 2 is 1.57 bits per heavy atom. The van der Waals surface area contributed by atoms with E-state index in [2.05, 4.69) is 26.1 Å². The Kier molecular flexibility index (Phi) is 8.43. The van der Waals surface area contributed by atoms with E-state index in [1.54, 1.807) is 48.5 Å². The maximum absolute atomic E-state index is 13.0. The highest BCUT2D eigenvalue weighted by molar-refractivity contribution is 7.92. The zero-order valence-corrected chi connectivity index (χ0v) is 22.9. The average molecular weight is 523 g/mol. The molecule has 196 valence electrons. The number of carbonyl (C=O) groups is 2. The highest BCUT2D eigenvalue weighted by Crippen LogP contribution is 2.24. The van der Waals surface area contributed by atoms with Crippen molar-refractivity contribution in [3.05, 3.63) is 89.5 Å². The number of hydrogen-bond acceptors (Lipinski definition) is 5. The summed E-state index contributed by atoms with van der Waals surface area (Å²) < 4.78 is 30.5. The van der Waals surface area contributed by atoms with Crippen molar-refractivity contribution in [2.75, 3.05) is 22.9 Å². The Morgan fingerprint density at radius 3 is 2.11 bits per heavy atom. The zero-order chi connectivity index (χ0) is 27.4. The molecule has 0 bridgehead atoms. The maximum Gasteiger partial charge on any atom is 0.265 e. The van der Waals surface area contributed by atoms with Crippen molar-refractivity contribution >= 4 is 33.1 Å². The van der Waals surface area contributed by atoms with Gasteiger partial charge in [-0.25, -0.2) is 8.42 Å². The summed E-state index contributed by atoms with van der Waals surface area (Å²) in [5.41, 5.74) is 3.18. The number of ether oxygens (including phenoxy) is 1. The topological polar surface area (TPSA) is 92.8 Å². The van der Waals surface area contributed by atoms with Crippen LogP contribution < -0.4 is 14.4 Å². The molecule has 0 heterocycles. The van der Waals surface area contributed by atoms with E-state index in [0.29, 0.717) is 34.7 Å². The molecule has 0 fully saturated rings. The molecule has 1 atom stereocenters. The van der Waals surface area contributed by atoms with Crippen molar-refractivity contribution in [1.82, 2.24) is 0 Å². The molecule has 3 rings (SSSR count). The van der Waals surface area contributed by atoms with Gasteiger partial charge in [0.15, 0.2) is 11.9 Å². The molecule has 0 unspecified atom stereocenters. The van der Waals surface area contributed by atoms with E-state index in [4.69, 9.17) is 4.74 Å². The molecule has 7 nitrogen and oxygen atoms in total. The third kappa shape index (κ3) is 7.20. The molecule has 3 aromatic rings. The summed E-state index contributed by atoms with van der Waals surface area (Å²) in [5, 5.41) is 2.83. The average Bonchev–Trinajstić information content (AvgIpc) is 2.86. The summed E-state index contributed by atoms with van der Waals surface area (Å²) in [6, 6.07) is 20.9. The number of hydrogen-bond donors (Lipinski definition) is 1.